The highest BCUT2D eigenvalue weighted by atomic mass is 32.2. The van der Waals surface area contributed by atoms with Gasteiger partial charge in [0, 0.05) is 18.4 Å². The normalized spacial score (nSPS) is 15.0. The lowest BCUT2D eigenvalue weighted by Crippen LogP contribution is -2.01. The highest BCUT2D eigenvalue weighted by Gasteiger charge is 2.30. The molecule has 2 aromatic rings. The van der Waals surface area contributed by atoms with Crippen molar-refractivity contribution in [3.63, 3.8) is 0 Å². The zero-order valence-corrected chi connectivity index (χ0v) is 12.5. The molecule has 0 unspecified atom stereocenters. The third-order valence-electron chi connectivity index (χ3n) is 2.98. The van der Waals surface area contributed by atoms with Crippen LogP contribution < -0.4 is 0 Å². The van der Waals surface area contributed by atoms with Gasteiger partial charge in [0.15, 0.2) is 11.0 Å². The maximum Gasteiger partial charge on any atom is 0.191 e. The highest BCUT2D eigenvalue weighted by Crippen LogP contribution is 2.41. The van der Waals surface area contributed by atoms with Gasteiger partial charge in [0.1, 0.15) is 0 Å². The van der Waals surface area contributed by atoms with Gasteiger partial charge in [-0.05, 0) is 31.2 Å². The van der Waals surface area contributed by atoms with Crippen molar-refractivity contribution >= 4 is 23.1 Å². The standard InChI is InChI=1S/C13H17N3OS2/c1-2-17-7-9-19-13-15-14-12(11-4-3-8-18-11)16(13)10-5-6-10/h3-4,8,10H,2,5-7,9H2,1H3. The van der Waals surface area contributed by atoms with Gasteiger partial charge in [-0.2, -0.15) is 0 Å². The molecule has 19 heavy (non-hydrogen) atoms. The molecular weight excluding hydrogens is 278 g/mol. The molecule has 1 fully saturated rings. The molecule has 1 aliphatic carbocycles. The van der Waals surface area contributed by atoms with Crippen LogP contribution in [0.1, 0.15) is 25.8 Å². The maximum atomic E-state index is 5.37. The number of aromatic nitrogens is 3. The van der Waals surface area contributed by atoms with Crippen LogP contribution in [-0.4, -0.2) is 33.7 Å². The summed E-state index contributed by atoms with van der Waals surface area (Å²) in [6.45, 7) is 3.57. The van der Waals surface area contributed by atoms with Gasteiger partial charge in [-0.3, -0.25) is 4.57 Å². The third kappa shape index (κ3) is 3.01. The summed E-state index contributed by atoms with van der Waals surface area (Å²) >= 11 is 3.47. The van der Waals surface area contributed by atoms with Gasteiger partial charge in [0.25, 0.3) is 0 Å². The Bertz CT molecular complexity index is 520. The molecule has 1 aliphatic rings. The van der Waals surface area contributed by atoms with Crippen LogP contribution in [0.15, 0.2) is 22.7 Å². The van der Waals surface area contributed by atoms with E-state index in [-0.39, 0.29) is 0 Å². The van der Waals surface area contributed by atoms with Gasteiger partial charge < -0.3 is 4.74 Å². The summed E-state index contributed by atoms with van der Waals surface area (Å²) in [4.78, 5) is 1.20. The average Bonchev–Trinajstić information content (AvgIpc) is 2.96. The Balaban J connectivity index is 1.77. The molecule has 0 spiro atoms. The molecule has 2 aromatic heterocycles. The maximum absolute atomic E-state index is 5.37. The minimum atomic E-state index is 0.599. The Labute approximate surface area is 121 Å². The number of rotatable bonds is 7. The monoisotopic (exact) mass is 295 g/mol. The van der Waals surface area contributed by atoms with Gasteiger partial charge in [-0.15, -0.1) is 21.5 Å². The summed E-state index contributed by atoms with van der Waals surface area (Å²) in [6.07, 6.45) is 2.49. The second kappa shape index (κ2) is 6.07. The lowest BCUT2D eigenvalue weighted by atomic mass is 10.4. The molecule has 0 amide bonds. The van der Waals surface area contributed by atoms with Crippen molar-refractivity contribution < 1.29 is 4.74 Å². The first-order valence-electron chi connectivity index (χ1n) is 6.59. The molecule has 0 aromatic carbocycles. The summed E-state index contributed by atoms with van der Waals surface area (Å²) in [5.41, 5.74) is 0. The van der Waals surface area contributed by atoms with Crippen LogP contribution in [0.3, 0.4) is 0 Å². The molecule has 0 radical (unpaired) electrons. The van der Waals surface area contributed by atoms with Crippen molar-refractivity contribution in [2.45, 2.75) is 31.0 Å². The molecule has 0 N–H and O–H groups in total. The zero-order chi connectivity index (χ0) is 13.1. The molecule has 0 saturated heterocycles. The van der Waals surface area contributed by atoms with E-state index in [2.05, 4.69) is 32.3 Å². The van der Waals surface area contributed by atoms with Crippen LogP contribution in [-0.2, 0) is 4.74 Å². The minimum absolute atomic E-state index is 0.599. The summed E-state index contributed by atoms with van der Waals surface area (Å²) in [6, 6.07) is 4.78. The number of hydrogen-bond acceptors (Lipinski definition) is 5. The lowest BCUT2D eigenvalue weighted by Gasteiger charge is -2.07. The summed E-state index contributed by atoms with van der Waals surface area (Å²) in [7, 11) is 0. The van der Waals surface area contributed by atoms with E-state index in [4.69, 9.17) is 4.74 Å². The van der Waals surface area contributed by atoms with Crippen molar-refractivity contribution in [2.24, 2.45) is 0 Å². The Morgan fingerprint density at radius 3 is 3.05 bits per heavy atom. The predicted octanol–water partition coefficient (Wildman–Crippen LogP) is 3.47. The Morgan fingerprint density at radius 2 is 2.37 bits per heavy atom. The molecule has 6 heteroatoms. The molecule has 0 atom stereocenters. The Hall–Kier alpha value is -0.850. The first-order chi connectivity index (χ1) is 9.40. The van der Waals surface area contributed by atoms with E-state index in [1.54, 1.807) is 23.1 Å². The van der Waals surface area contributed by atoms with Gasteiger partial charge in [0.2, 0.25) is 0 Å². The van der Waals surface area contributed by atoms with E-state index in [1.165, 1.54) is 17.7 Å². The summed E-state index contributed by atoms with van der Waals surface area (Å²) in [5.74, 6) is 1.96. The van der Waals surface area contributed by atoms with Crippen molar-refractivity contribution in [3.05, 3.63) is 17.5 Å². The molecule has 4 nitrogen and oxygen atoms in total. The molecule has 0 bridgehead atoms. The third-order valence-corrected chi connectivity index (χ3v) is 4.75. The fraction of sp³-hybridized carbons (Fsp3) is 0.538. The molecule has 3 rings (SSSR count). The van der Waals surface area contributed by atoms with Crippen molar-refractivity contribution in [3.8, 4) is 10.7 Å². The number of ether oxygens (including phenoxy) is 1. The molecule has 2 heterocycles. The second-order valence-electron chi connectivity index (χ2n) is 4.43. The molecule has 102 valence electrons. The average molecular weight is 295 g/mol. The smallest absolute Gasteiger partial charge is 0.191 e. The van der Waals surface area contributed by atoms with Crippen molar-refractivity contribution in [1.29, 1.82) is 0 Å². The molecule has 0 aliphatic heterocycles. The van der Waals surface area contributed by atoms with Gasteiger partial charge in [0.05, 0.1) is 11.5 Å². The molecule has 1 saturated carbocycles. The number of thiophene rings is 1. The Morgan fingerprint density at radius 1 is 1.47 bits per heavy atom. The zero-order valence-electron chi connectivity index (χ0n) is 10.9. The topological polar surface area (TPSA) is 39.9 Å². The Kier molecular flexibility index (Phi) is 4.20. The van der Waals surface area contributed by atoms with Crippen LogP contribution in [0.2, 0.25) is 0 Å². The first-order valence-corrected chi connectivity index (χ1v) is 8.46. The summed E-state index contributed by atoms with van der Waals surface area (Å²) < 4.78 is 7.68. The van der Waals surface area contributed by atoms with Crippen LogP contribution in [0.5, 0.6) is 0 Å². The quantitative estimate of drug-likeness (QED) is 0.579. The van der Waals surface area contributed by atoms with Crippen LogP contribution in [0.25, 0.3) is 10.7 Å². The van der Waals surface area contributed by atoms with E-state index < -0.39 is 0 Å². The van der Waals surface area contributed by atoms with Crippen LogP contribution in [0, 0.1) is 0 Å². The van der Waals surface area contributed by atoms with Crippen molar-refractivity contribution in [1.82, 2.24) is 14.8 Å². The van der Waals surface area contributed by atoms with Crippen LogP contribution >= 0.6 is 23.1 Å². The predicted molar refractivity (Wildman–Crippen MR) is 78.8 cm³/mol. The van der Waals surface area contributed by atoms with E-state index in [0.29, 0.717) is 6.04 Å². The van der Waals surface area contributed by atoms with E-state index in [9.17, 15) is 0 Å². The number of hydrogen-bond donors (Lipinski definition) is 0. The first kappa shape index (κ1) is 13.1. The van der Waals surface area contributed by atoms with E-state index in [0.717, 1.165) is 29.9 Å². The second-order valence-corrected chi connectivity index (χ2v) is 6.44. The SMILES string of the molecule is CCOCCSc1nnc(-c2cccs2)n1C1CC1. The lowest BCUT2D eigenvalue weighted by molar-refractivity contribution is 0.164. The summed E-state index contributed by atoms with van der Waals surface area (Å²) in [5, 5.41) is 11.9. The largest absolute Gasteiger partial charge is 0.381 e. The number of nitrogens with zero attached hydrogens (tertiary/aromatic N) is 3. The molecular formula is C13H17N3OS2. The van der Waals surface area contributed by atoms with Gasteiger partial charge in [-0.1, -0.05) is 17.8 Å². The van der Waals surface area contributed by atoms with Crippen molar-refractivity contribution in [2.75, 3.05) is 19.0 Å². The fourth-order valence-corrected chi connectivity index (χ4v) is 3.51. The van der Waals surface area contributed by atoms with Gasteiger partial charge >= 0.3 is 0 Å². The fourth-order valence-electron chi connectivity index (χ4n) is 1.95. The van der Waals surface area contributed by atoms with E-state index in [1.807, 2.05) is 6.92 Å². The van der Waals surface area contributed by atoms with Crippen LogP contribution in [0.4, 0.5) is 0 Å². The van der Waals surface area contributed by atoms with E-state index >= 15 is 0 Å². The number of thioether (sulfide) groups is 1. The minimum Gasteiger partial charge on any atom is -0.381 e. The highest BCUT2D eigenvalue weighted by molar-refractivity contribution is 7.99. The van der Waals surface area contributed by atoms with Gasteiger partial charge in [-0.25, -0.2) is 0 Å².